The lowest BCUT2D eigenvalue weighted by atomic mass is 9.96. The number of para-hydroxylation sites is 1. The highest BCUT2D eigenvalue weighted by atomic mass is 16.3. The van der Waals surface area contributed by atoms with Crippen LogP contribution in [0, 0.1) is 0 Å². The van der Waals surface area contributed by atoms with Crippen molar-refractivity contribution < 1.29 is 4.42 Å². The number of hydrogen-bond acceptors (Lipinski definition) is 4. The fraction of sp³-hybridized carbons (Fsp3) is 0. The molecule has 0 spiro atoms. The van der Waals surface area contributed by atoms with E-state index in [1.807, 2.05) is 48.5 Å². The predicted octanol–water partition coefficient (Wildman–Crippen LogP) is 10.7. The molecule has 0 amide bonds. The van der Waals surface area contributed by atoms with Gasteiger partial charge in [-0.25, -0.2) is 15.0 Å². The van der Waals surface area contributed by atoms with E-state index >= 15 is 0 Å². The highest BCUT2D eigenvalue weighted by molar-refractivity contribution is 6.12. The molecule has 0 N–H and O–H groups in total. The van der Waals surface area contributed by atoms with E-state index in [4.69, 9.17) is 19.4 Å². The van der Waals surface area contributed by atoms with Gasteiger partial charge in [0, 0.05) is 27.5 Å². The van der Waals surface area contributed by atoms with Gasteiger partial charge in [-0.3, -0.25) is 0 Å². The molecule has 0 aliphatic rings. The second kappa shape index (κ2) is 10.2. The van der Waals surface area contributed by atoms with Gasteiger partial charge in [0.25, 0.3) is 0 Å². The highest BCUT2D eigenvalue weighted by Crippen LogP contribution is 2.38. The van der Waals surface area contributed by atoms with Gasteiger partial charge in [-0.1, -0.05) is 121 Å². The van der Waals surface area contributed by atoms with Gasteiger partial charge in [0.1, 0.15) is 11.2 Å². The largest absolute Gasteiger partial charge is 0.456 e. The van der Waals surface area contributed by atoms with Crippen molar-refractivity contribution >= 4 is 43.5 Å². The first-order chi connectivity index (χ1) is 22.3. The Morgan fingerprint density at radius 2 is 0.911 bits per heavy atom. The van der Waals surface area contributed by atoms with Gasteiger partial charge >= 0.3 is 0 Å². The maximum Gasteiger partial charge on any atom is 0.164 e. The normalized spacial score (nSPS) is 11.6. The second-order valence-electron chi connectivity index (χ2n) is 11.3. The maximum atomic E-state index is 6.18. The topological polar surface area (TPSA) is 51.8 Å². The third-order valence-electron chi connectivity index (χ3n) is 8.49. The molecule has 0 radical (unpaired) electrons. The molecule has 2 aromatic heterocycles. The van der Waals surface area contributed by atoms with Crippen LogP contribution in [0.3, 0.4) is 0 Å². The van der Waals surface area contributed by atoms with Crippen LogP contribution in [0.15, 0.2) is 156 Å². The minimum Gasteiger partial charge on any atom is -0.456 e. The van der Waals surface area contributed by atoms with Gasteiger partial charge in [0.05, 0.1) is 0 Å². The number of rotatable bonds is 4. The summed E-state index contributed by atoms with van der Waals surface area (Å²) in [5, 5.41) is 6.85. The van der Waals surface area contributed by atoms with Crippen LogP contribution in [-0.2, 0) is 0 Å². The number of furan rings is 1. The van der Waals surface area contributed by atoms with Crippen molar-refractivity contribution in [3.05, 3.63) is 152 Å². The van der Waals surface area contributed by atoms with E-state index in [2.05, 4.69) is 103 Å². The van der Waals surface area contributed by atoms with Crippen LogP contribution in [0.1, 0.15) is 0 Å². The number of fused-ring (bicyclic) bond motifs is 5. The molecule has 0 saturated heterocycles. The Bertz CT molecular complexity index is 2550. The molecular formula is C41H25N3O. The molecule has 9 aromatic rings. The van der Waals surface area contributed by atoms with Crippen molar-refractivity contribution in [2.45, 2.75) is 0 Å². The molecular weight excluding hydrogens is 550 g/mol. The van der Waals surface area contributed by atoms with E-state index in [0.717, 1.165) is 65.9 Å². The van der Waals surface area contributed by atoms with Crippen LogP contribution < -0.4 is 0 Å². The molecule has 0 bridgehead atoms. The number of benzene rings is 7. The first-order valence-electron chi connectivity index (χ1n) is 15.0. The quantitative estimate of drug-likeness (QED) is 0.209. The Hall–Kier alpha value is -6.13. The lowest BCUT2D eigenvalue weighted by molar-refractivity contribution is 0.669. The molecule has 9 rings (SSSR count). The average molecular weight is 576 g/mol. The number of aromatic nitrogens is 3. The van der Waals surface area contributed by atoms with E-state index in [9.17, 15) is 0 Å². The summed E-state index contributed by atoms with van der Waals surface area (Å²) in [6, 6.07) is 52.3. The Morgan fingerprint density at radius 3 is 1.69 bits per heavy atom. The minimum absolute atomic E-state index is 0.641. The predicted molar refractivity (Wildman–Crippen MR) is 184 cm³/mol. The highest BCUT2D eigenvalue weighted by Gasteiger charge is 2.15. The first kappa shape index (κ1) is 25.4. The average Bonchev–Trinajstić information content (AvgIpc) is 3.50. The fourth-order valence-corrected chi connectivity index (χ4v) is 6.25. The molecule has 0 saturated carbocycles. The molecule has 0 atom stereocenters. The van der Waals surface area contributed by atoms with E-state index in [-0.39, 0.29) is 0 Å². The summed E-state index contributed by atoms with van der Waals surface area (Å²) >= 11 is 0. The monoisotopic (exact) mass is 575 g/mol. The van der Waals surface area contributed by atoms with Crippen LogP contribution in [0.2, 0.25) is 0 Å². The molecule has 0 unspecified atom stereocenters. The lowest BCUT2D eigenvalue weighted by Crippen LogP contribution is -2.00. The molecule has 0 fully saturated rings. The van der Waals surface area contributed by atoms with Gasteiger partial charge in [-0.2, -0.15) is 0 Å². The summed E-state index contributed by atoms with van der Waals surface area (Å²) in [7, 11) is 0. The van der Waals surface area contributed by atoms with Gasteiger partial charge < -0.3 is 4.42 Å². The second-order valence-corrected chi connectivity index (χ2v) is 11.3. The van der Waals surface area contributed by atoms with Crippen molar-refractivity contribution in [3.8, 4) is 45.3 Å². The lowest BCUT2D eigenvalue weighted by Gasteiger charge is -2.10. The molecule has 2 heterocycles. The third kappa shape index (κ3) is 4.43. The van der Waals surface area contributed by atoms with E-state index in [1.54, 1.807) is 0 Å². The molecule has 7 aromatic carbocycles. The van der Waals surface area contributed by atoms with Crippen molar-refractivity contribution in [1.82, 2.24) is 15.0 Å². The van der Waals surface area contributed by atoms with Crippen molar-refractivity contribution in [1.29, 1.82) is 0 Å². The zero-order valence-electron chi connectivity index (χ0n) is 24.2. The third-order valence-corrected chi connectivity index (χ3v) is 8.49. The van der Waals surface area contributed by atoms with Gasteiger partial charge in [-0.05, 0) is 63.0 Å². The maximum absolute atomic E-state index is 6.18. The molecule has 0 aliphatic carbocycles. The standard InChI is InChI=1S/C41H25N3O/c1-2-10-28(11-3-1)39-42-40(31-21-18-26-9-4-5-12-29(26)23-31)44-41(43-39)32-22-19-27-17-20-30(24-33(27)25-32)34-14-8-16-37-38(34)35-13-6-7-15-36(35)45-37/h1-25H. The molecule has 0 aliphatic heterocycles. The van der Waals surface area contributed by atoms with Crippen LogP contribution in [0.4, 0.5) is 0 Å². The van der Waals surface area contributed by atoms with Crippen LogP contribution in [-0.4, -0.2) is 15.0 Å². The van der Waals surface area contributed by atoms with Crippen molar-refractivity contribution in [3.63, 3.8) is 0 Å². The SMILES string of the molecule is c1ccc(-c2nc(-c3ccc4ccccc4c3)nc(-c3ccc4ccc(-c5cccc6oc7ccccc7c56)cc4c3)n2)cc1. The summed E-state index contributed by atoms with van der Waals surface area (Å²) in [6.07, 6.45) is 0. The van der Waals surface area contributed by atoms with Crippen molar-refractivity contribution in [2.24, 2.45) is 0 Å². The Labute approximate surface area is 259 Å². The van der Waals surface area contributed by atoms with E-state index in [0.29, 0.717) is 17.5 Å². The summed E-state index contributed by atoms with van der Waals surface area (Å²) in [5.74, 6) is 1.94. The Morgan fingerprint density at radius 1 is 0.356 bits per heavy atom. The summed E-state index contributed by atoms with van der Waals surface area (Å²) in [6.45, 7) is 0. The number of nitrogens with zero attached hydrogens (tertiary/aromatic N) is 3. The Kier molecular flexibility index (Phi) is 5.78. The summed E-state index contributed by atoms with van der Waals surface area (Å²) in [5.41, 5.74) is 6.92. The van der Waals surface area contributed by atoms with Crippen molar-refractivity contribution in [2.75, 3.05) is 0 Å². The van der Waals surface area contributed by atoms with Crippen LogP contribution in [0.25, 0.3) is 88.8 Å². The number of hydrogen-bond donors (Lipinski definition) is 0. The zero-order valence-corrected chi connectivity index (χ0v) is 24.2. The molecule has 45 heavy (non-hydrogen) atoms. The smallest absolute Gasteiger partial charge is 0.164 e. The van der Waals surface area contributed by atoms with E-state index in [1.165, 1.54) is 5.39 Å². The summed E-state index contributed by atoms with van der Waals surface area (Å²) < 4.78 is 6.18. The van der Waals surface area contributed by atoms with E-state index < -0.39 is 0 Å². The zero-order chi connectivity index (χ0) is 29.7. The van der Waals surface area contributed by atoms with Crippen LogP contribution in [0.5, 0.6) is 0 Å². The van der Waals surface area contributed by atoms with Crippen LogP contribution >= 0.6 is 0 Å². The minimum atomic E-state index is 0.641. The molecule has 4 heteroatoms. The van der Waals surface area contributed by atoms with Gasteiger partial charge in [0.2, 0.25) is 0 Å². The van der Waals surface area contributed by atoms with Gasteiger partial charge in [0.15, 0.2) is 17.5 Å². The molecule has 4 nitrogen and oxygen atoms in total. The van der Waals surface area contributed by atoms with Gasteiger partial charge in [-0.15, -0.1) is 0 Å². The Balaban J connectivity index is 1.20. The molecule has 210 valence electrons. The fourth-order valence-electron chi connectivity index (χ4n) is 6.25. The summed E-state index contributed by atoms with van der Waals surface area (Å²) in [4.78, 5) is 14.9. The first-order valence-corrected chi connectivity index (χ1v) is 15.0.